The van der Waals surface area contributed by atoms with Crippen molar-refractivity contribution in [3.05, 3.63) is 18.0 Å². The second kappa shape index (κ2) is 4.56. The summed E-state index contributed by atoms with van der Waals surface area (Å²) in [5.74, 6) is 0. The predicted molar refractivity (Wildman–Crippen MR) is 65.7 cm³/mol. The molecule has 2 atom stereocenters. The molecule has 1 aromatic rings. The summed E-state index contributed by atoms with van der Waals surface area (Å²) in [4.78, 5) is 3.31. The highest BCUT2D eigenvalue weighted by atomic mass is 19.4. The molecule has 0 aromatic carbocycles. The van der Waals surface area contributed by atoms with E-state index in [9.17, 15) is 13.2 Å². The van der Waals surface area contributed by atoms with E-state index in [1.807, 2.05) is 13.8 Å². The number of alkyl halides is 3. The maximum atomic E-state index is 12.6. The summed E-state index contributed by atoms with van der Waals surface area (Å²) in [7, 11) is 0. The van der Waals surface area contributed by atoms with Gasteiger partial charge in [-0.1, -0.05) is 0 Å². The van der Waals surface area contributed by atoms with Crippen molar-refractivity contribution in [1.82, 2.24) is 4.98 Å². The van der Waals surface area contributed by atoms with E-state index in [-0.39, 0.29) is 17.5 Å². The average molecular weight is 275 g/mol. The zero-order chi connectivity index (χ0) is 14.3. The van der Waals surface area contributed by atoms with E-state index in [0.717, 1.165) is 12.3 Å². The molecule has 106 valence electrons. The van der Waals surface area contributed by atoms with Gasteiger partial charge in [0.15, 0.2) is 0 Å². The van der Waals surface area contributed by atoms with Gasteiger partial charge in [0.2, 0.25) is 0 Å². The first-order valence-corrected chi connectivity index (χ1v) is 5.95. The van der Waals surface area contributed by atoms with Crippen molar-refractivity contribution >= 4 is 11.4 Å². The van der Waals surface area contributed by atoms with Crippen molar-refractivity contribution in [2.24, 2.45) is 0 Å². The fourth-order valence-corrected chi connectivity index (χ4v) is 2.04. The number of nitrogens with one attached hydrogen (secondary N) is 1. The van der Waals surface area contributed by atoms with Crippen molar-refractivity contribution in [2.45, 2.75) is 38.1 Å². The lowest BCUT2D eigenvalue weighted by molar-refractivity contribution is -0.141. The summed E-state index contributed by atoms with van der Waals surface area (Å²) in [5, 5.41) is 3.06. The number of hydrogen-bond acceptors (Lipinski definition) is 4. The molecule has 0 amide bonds. The third kappa shape index (κ3) is 2.75. The molecule has 2 heterocycles. The minimum atomic E-state index is -4.48. The largest absolute Gasteiger partial charge is 0.433 e. The van der Waals surface area contributed by atoms with E-state index < -0.39 is 17.4 Å². The van der Waals surface area contributed by atoms with Gasteiger partial charge in [-0.15, -0.1) is 0 Å². The van der Waals surface area contributed by atoms with Crippen LogP contribution in [0.1, 0.15) is 26.0 Å². The molecule has 1 aliphatic heterocycles. The normalized spacial score (nSPS) is 27.5. The van der Waals surface area contributed by atoms with Gasteiger partial charge >= 0.3 is 6.18 Å². The predicted octanol–water partition coefficient (Wildman–Crippen LogP) is 2.66. The Hall–Kier alpha value is -1.50. The van der Waals surface area contributed by atoms with Gasteiger partial charge in [-0.05, 0) is 26.3 Å². The first-order valence-electron chi connectivity index (χ1n) is 5.95. The Bertz CT molecular complexity index is 478. The molecule has 0 radical (unpaired) electrons. The first kappa shape index (κ1) is 13.9. The molecule has 1 saturated heterocycles. The summed E-state index contributed by atoms with van der Waals surface area (Å²) < 4.78 is 43.3. The number of rotatable bonds is 2. The summed E-state index contributed by atoms with van der Waals surface area (Å²) in [6.07, 6.45) is -2.86. The Morgan fingerprint density at radius 1 is 1.53 bits per heavy atom. The Kier molecular flexibility index (Phi) is 3.34. The van der Waals surface area contributed by atoms with Crippen LogP contribution in [0.3, 0.4) is 0 Å². The number of ether oxygens (including phenoxy) is 1. The molecule has 0 aliphatic carbocycles. The van der Waals surface area contributed by atoms with Crippen LogP contribution < -0.4 is 11.1 Å². The number of nitrogen functional groups attached to an aromatic ring is 1. The maximum Gasteiger partial charge on any atom is 0.433 e. The second-order valence-corrected chi connectivity index (χ2v) is 4.96. The average Bonchev–Trinajstić information content (AvgIpc) is 2.61. The molecular formula is C12H16F3N3O. The van der Waals surface area contributed by atoms with Crippen LogP contribution in [0.15, 0.2) is 12.3 Å². The molecule has 7 heteroatoms. The quantitative estimate of drug-likeness (QED) is 0.871. The van der Waals surface area contributed by atoms with Gasteiger partial charge in [0.1, 0.15) is 5.69 Å². The van der Waals surface area contributed by atoms with Crippen LogP contribution in [0.5, 0.6) is 0 Å². The van der Waals surface area contributed by atoms with Crippen LogP contribution in [0, 0.1) is 0 Å². The van der Waals surface area contributed by atoms with Gasteiger partial charge in [-0.3, -0.25) is 0 Å². The van der Waals surface area contributed by atoms with Crippen LogP contribution in [-0.4, -0.2) is 23.2 Å². The third-order valence-corrected chi connectivity index (χ3v) is 3.53. The van der Waals surface area contributed by atoms with Gasteiger partial charge in [-0.2, -0.15) is 13.2 Å². The lowest BCUT2D eigenvalue weighted by Crippen LogP contribution is -2.41. The van der Waals surface area contributed by atoms with Crippen LogP contribution in [0.2, 0.25) is 0 Å². The second-order valence-electron chi connectivity index (χ2n) is 4.96. The topological polar surface area (TPSA) is 60.2 Å². The number of hydrogen-bond donors (Lipinski definition) is 2. The minimum absolute atomic E-state index is 0.102. The van der Waals surface area contributed by atoms with E-state index in [1.54, 1.807) is 0 Å². The van der Waals surface area contributed by atoms with Gasteiger partial charge in [-0.25, -0.2) is 4.98 Å². The molecule has 2 rings (SSSR count). The minimum Gasteiger partial charge on any atom is -0.396 e. The highest BCUT2D eigenvalue weighted by Gasteiger charge is 2.38. The summed E-state index contributed by atoms with van der Waals surface area (Å²) in [5.41, 5.74) is 4.72. The molecule has 1 fully saturated rings. The van der Waals surface area contributed by atoms with Crippen LogP contribution in [0.25, 0.3) is 0 Å². The Morgan fingerprint density at radius 2 is 2.21 bits per heavy atom. The number of nitrogens with zero attached hydrogens (tertiary/aromatic N) is 1. The van der Waals surface area contributed by atoms with E-state index in [0.29, 0.717) is 13.0 Å². The fourth-order valence-electron chi connectivity index (χ4n) is 2.04. The van der Waals surface area contributed by atoms with Crippen LogP contribution in [-0.2, 0) is 10.9 Å². The summed E-state index contributed by atoms with van der Waals surface area (Å²) in [6, 6.07) is 0.936. The van der Waals surface area contributed by atoms with Gasteiger partial charge in [0, 0.05) is 6.61 Å². The van der Waals surface area contributed by atoms with Gasteiger partial charge in [0.05, 0.1) is 29.2 Å². The molecule has 19 heavy (non-hydrogen) atoms. The van der Waals surface area contributed by atoms with Crippen molar-refractivity contribution in [1.29, 1.82) is 0 Å². The zero-order valence-electron chi connectivity index (χ0n) is 10.7. The van der Waals surface area contributed by atoms with E-state index >= 15 is 0 Å². The molecule has 4 nitrogen and oxygen atoms in total. The van der Waals surface area contributed by atoms with Gasteiger partial charge in [0.25, 0.3) is 0 Å². The standard InChI is InChI=1S/C12H16F3N3O/c1-7-11(2,3-4-19-7)18-9-5-10(12(13,14)15)17-6-8(9)16/h5-7H,3-4,16H2,1-2H3,(H,17,18). The highest BCUT2D eigenvalue weighted by molar-refractivity contribution is 5.66. The lowest BCUT2D eigenvalue weighted by atomic mass is 9.94. The highest BCUT2D eigenvalue weighted by Crippen LogP contribution is 2.35. The molecule has 2 unspecified atom stereocenters. The summed E-state index contributed by atoms with van der Waals surface area (Å²) in [6.45, 7) is 4.35. The third-order valence-electron chi connectivity index (χ3n) is 3.53. The number of pyridine rings is 1. The van der Waals surface area contributed by atoms with E-state index in [2.05, 4.69) is 10.3 Å². The number of halogens is 3. The van der Waals surface area contributed by atoms with Crippen molar-refractivity contribution in [3.8, 4) is 0 Å². The molecule has 1 aliphatic rings. The molecule has 0 bridgehead atoms. The number of aromatic nitrogens is 1. The van der Waals surface area contributed by atoms with Crippen molar-refractivity contribution in [3.63, 3.8) is 0 Å². The molecule has 0 saturated carbocycles. The smallest absolute Gasteiger partial charge is 0.396 e. The Labute approximate surface area is 109 Å². The zero-order valence-corrected chi connectivity index (χ0v) is 10.7. The van der Waals surface area contributed by atoms with Crippen molar-refractivity contribution in [2.75, 3.05) is 17.7 Å². The monoisotopic (exact) mass is 275 g/mol. The van der Waals surface area contributed by atoms with Crippen LogP contribution in [0.4, 0.5) is 24.5 Å². The fraction of sp³-hybridized carbons (Fsp3) is 0.583. The summed E-state index contributed by atoms with van der Waals surface area (Å²) >= 11 is 0. The SMILES string of the molecule is CC1OCCC1(C)Nc1cc(C(F)(F)F)ncc1N. The number of nitrogens with two attached hydrogens (primary N) is 1. The molecular weight excluding hydrogens is 259 g/mol. The Balaban J connectivity index is 2.30. The Morgan fingerprint density at radius 3 is 2.74 bits per heavy atom. The van der Waals surface area contributed by atoms with Crippen LogP contribution >= 0.6 is 0 Å². The van der Waals surface area contributed by atoms with Crippen molar-refractivity contribution < 1.29 is 17.9 Å². The molecule has 0 spiro atoms. The van der Waals surface area contributed by atoms with E-state index in [4.69, 9.17) is 10.5 Å². The number of anilines is 2. The first-order chi connectivity index (χ1) is 8.72. The molecule has 3 N–H and O–H groups in total. The molecule has 1 aromatic heterocycles. The maximum absolute atomic E-state index is 12.6. The van der Waals surface area contributed by atoms with Gasteiger partial charge < -0.3 is 15.8 Å². The van der Waals surface area contributed by atoms with E-state index in [1.165, 1.54) is 0 Å². The lowest BCUT2D eigenvalue weighted by Gasteiger charge is -2.30.